The number of rotatable bonds is 5. The van der Waals surface area contributed by atoms with Gasteiger partial charge in [0.05, 0.1) is 10.3 Å². The van der Waals surface area contributed by atoms with Gasteiger partial charge in [-0.1, -0.05) is 18.2 Å². The number of carbonyl (C=O) groups excluding carboxylic acids is 1. The lowest BCUT2D eigenvalue weighted by Crippen LogP contribution is -2.18. The zero-order valence-corrected chi connectivity index (χ0v) is 21.8. The van der Waals surface area contributed by atoms with Crippen molar-refractivity contribution in [2.75, 3.05) is 26.0 Å². The molecule has 0 aliphatic rings. The number of amides is 1. The normalized spacial score (nSPS) is 11.3. The third-order valence-corrected chi connectivity index (χ3v) is 7.49. The van der Waals surface area contributed by atoms with Gasteiger partial charge in [-0.25, -0.2) is 14.4 Å². The topological polar surface area (TPSA) is 71.3 Å². The summed E-state index contributed by atoms with van der Waals surface area (Å²) in [5.41, 5.74) is 6.19. The van der Waals surface area contributed by atoms with Gasteiger partial charge >= 0.3 is 0 Å². The fourth-order valence-corrected chi connectivity index (χ4v) is 5.52. The Morgan fingerprint density at radius 3 is 2.50 bits per heavy atom. The van der Waals surface area contributed by atoms with Crippen LogP contribution in [0.25, 0.3) is 54.3 Å². The van der Waals surface area contributed by atoms with E-state index in [-0.39, 0.29) is 11.7 Å². The lowest BCUT2D eigenvalue weighted by molar-refractivity contribution is 0.0964. The molecule has 188 valence electrons. The zero-order chi connectivity index (χ0) is 26.4. The summed E-state index contributed by atoms with van der Waals surface area (Å²) in [6, 6.07) is 22.0. The summed E-state index contributed by atoms with van der Waals surface area (Å²) in [4.78, 5) is 24.2. The summed E-state index contributed by atoms with van der Waals surface area (Å²) in [5, 5.41) is 4.29. The van der Waals surface area contributed by atoms with Crippen LogP contribution in [0.1, 0.15) is 10.4 Å². The Kier molecular flexibility index (Phi) is 5.88. The largest absolute Gasteiger partial charge is 0.455 e. The number of anilines is 1. The van der Waals surface area contributed by atoms with Gasteiger partial charge in [0, 0.05) is 61.2 Å². The smallest absolute Gasteiger partial charge is 0.255 e. The second-order valence-electron chi connectivity index (χ2n) is 9.08. The van der Waals surface area contributed by atoms with Gasteiger partial charge in [-0.05, 0) is 54.1 Å². The van der Waals surface area contributed by atoms with Crippen molar-refractivity contribution in [3.8, 4) is 33.0 Å². The Bertz CT molecular complexity index is 1790. The van der Waals surface area contributed by atoms with Crippen LogP contribution in [-0.4, -0.2) is 37.0 Å². The first-order valence-electron chi connectivity index (χ1n) is 12.0. The van der Waals surface area contributed by atoms with Crippen molar-refractivity contribution < 1.29 is 13.6 Å². The Morgan fingerprint density at radius 2 is 1.76 bits per heavy atom. The summed E-state index contributed by atoms with van der Waals surface area (Å²) in [6.45, 7) is 0. The number of hydrogen-bond donors (Lipinski definition) is 1. The molecule has 3 aromatic carbocycles. The molecule has 0 atom stereocenters. The van der Waals surface area contributed by atoms with E-state index in [2.05, 4.69) is 16.4 Å². The third kappa shape index (κ3) is 4.09. The number of fused-ring (bicyclic) bond motifs is 2. The number of thiazole rings is 1. The van der Waals surface area contributed by atoms with Crippen LogP contribution in [0.2, 0.25) is 0 Å². The molecule has 6 aromatic rings. The minimum atomic E-state index is -0.354. The number of furan rings is 1. The number of benzene rings is 3. The molecule has 3 heterocycles. The van der Waals surface area contributed by atoms with E-state index in [4.69, 9.17) is 9.40 Å². The third-order valence-electron chi connectivity index (χ3n) is 6.43. The molecule has 0 radical (unpaired) electrons. The Balaban J connectivity index is 1.56. The maximum Gasteiger partial charge on any atom is 0.255 e. The van der Waals surface area contributed by atoms with Crippen LogP contribution in [0.4, 0.5) is 10.1 Å². The maximum atomic E-state index is 13.6. The fourth-order valence-electron chi connectivity index (χ4n) is 4.60. The van der Waals surface area contributed by atoms with Gasteiger partial charge in [-0.15, -0.1) is 11.3 Å². The average Bonchev–Trinajstić information content (AvgIpc) is 3.54. The Labute approximate surface area is 222 Å². The molecule has 8 heteroatoms. The number of nitrogens with zero attached hydrogens (tertiary/aromatic N) is 3. The molecule has 0 fully saturated rings. The van der Waals surface area contributed by atoms with E-state index in [1.165, 1.54) is 12.1 Å². The minimum Gasteiger partial charge on any atom is -0.455 e. The first-order chi connectivity index (χ1) is 18.4. The summed E-state index contributed by atoms with van der Waals surface area (Å²) in [6.07, 6.45) is 1.75. The number of hydrogen-bond acceptors (Lipinski definition) is 6. The van der Waals surface area contributed by atoms with Crippen LogP contribution < -0.4 is 10.2 Å². The van der Waals surface area contributed by atoms with Crippen LogP contribution >= 0.6 is 11.3 Å². The van der Waals surface area contributed by atoms with Gasteiger partial charge in [0.15, 0.2) is 5.65 Å². The van der Waals surface area contributed by atoms with Crippen molar-refractivity contribution in [2.24, 2.45) is 0 Å². The Morgan fingerprint density at radius 1 is 0.974 bits per heavy atom. The fraction of sp³-hybridized carbons (Fsp3) is 0.100. The molecular weight excluding hydrogens is 499 g/mol. The van der Waals surface area contributed by atoms with Crippen molar-refractivity contribution in [1.29, 1.82) is 0 Å². The highest BCUT2D eigenvalue weighted by molar-refractivity contribution is 7.21. The molecular formula is C30H23FN4O2S. The van der Waals surface area contributed by atoms with Gasteiger partial charge in [-0.2, -0.15) is 0 Å². The quantitative estimate of drug-likeness (QED) is 0.264. The first-order valence-corrected chi connectivity index (χ1v) is 12.8. The van der Waals surface area contributed by atoms with Crippen LogP contribution in [-0.2, 0) is 0 Å². The lowest BCUT2D eigenvalue weighted by atomic mass is 9.97. The monoisotopic (exact) mass is 522 g/mol. The average molecular weight is 523 g/mol. The highest BCUT2D eigenvalue weighted by Gasteiger charge is 2.24. The number of aromatic nitrogens is 2. The van der Waals surface area contributed by atoms with Crippen molar-refractivity contribution in [2.45, 2.75) is 0 Å². The molecule has 38 heavy (non-hydrogen) atoms. The van der Waals surface area contributed by atoms with Gasteiger partial charge in [-0.3, -0.25) is 4.79 Å². The van der Waals surface area contributed by atoms with Crippen LogP contribution in [0.3, 0.4) is 0 Å². The highest BCUT2D eigenvalue weighted by Crippen LogP contribution is 2.41. The summed E-state index contributed by atoms with van der Waals surface area (Å²) >= 11 is 1.60. The van der Waals surface area contributed by atoms with Crippen LogP contribution in [0, 0.1) is 5.82 Å². The van der Waals surface area contributed by atoms with Crippen molar-refractivity contribution in [1.82, 2.24) is 15.3 Å². The summed E-state index contributed by atoms with van der Waals surface area (Å²) in [5.74, 6) is -0.230. The van der Waals surface area contributed by atoms with E-state index in [0.29, 0.717) is 27.9 Å². The minimum absolute atomic E-state index is 0.276. The predicted molar refractivity (Wildman–Crippen MR) is 151 cm³/mol. The number of pyridine rings is 1. The Hall–Kier alpha value is -4.56. The van der Waals surface area contributed by atoms with Crippen molar-refractivity contribution in [3.63, 3.8) is 0 Å². The number of nitrogens with one attached hydrogen (secondary N) is 1. The maximum absolute atomic E-state index is 13.6. The standard InChI is InChI=1S/C30H23FN4O2S/c1-32-29(36)26-22-15-21(18-6-4-7-19(14-18)30-34-28-25(38-30)8-5-13-33-28)23(35(2)3)16-24(22)37-27(26)17-9-11-20(31)12-10-17/h4-16H,1-3H3,(H,32,36). The molecule has 0 aliphatic carbocycles. The second kappa shape index (κ2) is 9.39. The van der Waals surface area contributed by atoms with Crippen LogP contribution in [0.15, 0.2) is 83.4 Å². The molecule has 0 saturated carbocycles. The molecule has 0 saturated heterocycles. The van der Waals surface area contributed by atoms with E-state index in [0.717, 1.165) is 37.7 Å². The number of carbonyl (C=O) groups is 1. The predicted octanol–water partition coefficient (Wildman–Crippen LogP) is 7.00. The van der Waals surface area contributed by atoms with Crippen molar-refractivity contribution in [3.05, 3.63) is 90.4 Å². The second-order valence-corrected chi connectivity index (χ2v) is 10.1. The first kappa shape index (κ1) is 23.8. The van der Waals surface area contributed by atoms with Crippen LogP contribution in [0.5, 0.6) is 0 Å². The van der Waals surface area contributed by atoms with Gasteiger partial charge in [0.2, 0.25) is 0 Å². The van der Waals surface area contributed by atoms with E-state index in [1.807, 2.05) is 61.5 Å². The molecule has 0 bridgehead atoms. The van der Waals surface area contributed by atoms with E-state index < -0.39 is 0 Å². The zero-order valence-electron chi connectivity index (χ0n) is 20.9. The molecule has 6 nitrogen and oxygen atoms in total. The molecule has 1 N–H and O–H groups in total. The molecule has 0 unspecified atom stereocenters. The number of halogens is 1. The highest BCUT2D eigenvalue weighted by atomic mass is 32.1. The van der Waals surface area contributed by atoms with E-state index in [1.54, 1.807) is 36.7 Å². The van der Waals surface area contributed by atoms with Crippen molar-refractivity contribution >= 4 is 44.2 Å². The molecule has 0 spiro atoms. The molecule has 1 amide bonds. The van der Waals surface area contributed by atoms with E-state index in [9.17, 15) is 9.18 Å². The van der Waals surface area contributed by atoms with Gasteiger partial charge in [0.1, 0.15) is 22.2 Å². The summed E-state index contributed by atoms with van der Waals surface area (Å²) < 4.78 is 20.9. The molecule has 6 rings (SSSR count). The molecule has 3 aromatic heterocycles. The van der Waals surface area contributed by atoms with Gasteiger partial charge < -0.3 is 14.6 Å². The van der Waals surface area contributed by atoms with E-state index >= 15 is 0 Å². The lowest BCUT2D eigenvalue weighted by Gasteiger charge is -2.18. The SMILES string of the molecule is CNC(=O)c1c(-c2ccc(F)cc2)oc2cc(N(C)C)c(-c3cccc(-c4nc5ncccc5s4)c3)cc12. The summed E-state index contributed by atoms with van der Waals surface area (Å²) in [7, 11) is 5.52. The van der Waals surface area contributed by atoms with Gasteiger partial charge in [0.25, 0.3) is 5.91 Å². The molecule has 0 aliphatic heterocycles.